The maximum absolute atomic E-state index is 5.17. The summed E-state index contributed by atoms with van der Waals surface area (Å²) in [5.41, 5.74) is 1.56. The van der Waals surface area contributed by atoms with E-state index in [9.17, 15) is 0 Å². The number of benzene rings is 1. The molecule has 0 aliphatic heterocycles. The van der Waals surface area contributed by atoms with Crippen LogP contribution in [0.15, 0.2) is 30.3 Å². The molecule has 1 aromatic carbocycles. The van der Waals surface area contributed by atoms with Crippen LogP contribution in [-0.2, 0) is 0 Å². The van der Waals surface area contributed by atoms with Crippen molar-refractivity contribution in [3.05, 3.63) is 35.9 Å². The van der Waals surface area contributed by atoms with E-state index in [1.54, 1.807) is 7.11 Å². The van der Waals surface area contributed by atoms with Crippen LogP contribution in [0.5, 0.6) is 5.75 Å². The molecule has 0 spiro atoms. The predicted octanol–water partition coefficient (Wildman–Crippen LogP) is 3.56. The van der Waals surface area contributed by atoms with Gasteiger partial charge in [0, 0.05) is 18.6 Å². The summed E-state index contributed by atoms with van der Waals surface area (Å²) in [4.78, 5) is 2.42. The van der Waals surface area contributed by atoms with Crippen molar-refractivity contribution in [2.75, 3.05) is 34.3 Å². The first-order valence-corrected chi connectivity index (χ1v) is 8.35. The minimum absolute atomic E-state index is 0.353. The van der Waals surface area contributed by atoms with Crippen molar-refractivity contribution in [2.45, 2.75) is 37.6 Å². The fraction of sp³-hybridized carbons (Fsp3) is 0.579. The van der Waals surface area contributed by atoms with E-state index in [4.69, 9.17) is 4.74 Å². The Bertz CT molecular complexity index is 459. The van der Waals surface area contributed by atoms with Crippen LogP contribution in [0.1, 0.15) is 37.7 Å². The maximum Gasteiger partial charge on any atom is 0.118 e. The van der Waals surface area contributed by atoms with Gasteiger partial charge in [0.2, 0.25) is 0 Å². The predicted molar refractivity (Wildman–Crippen MR) is 94.4 cm³/mol. The standard InChI is InChI=1S/C19H30N2O/c1-21(2)19(13-5-4-6-14-19)16-20-15-7-8-17-9-11-18(22-3)12-10-17/h7-12,20H,4-6,13-16H2,1-3H3. The van der Waals surface area contributed by atoms with Gasteiger partial charge in [0.25, 0.3) is 0 Å². The average molecular weight is 302 g/mol. The molecule has 1 aliphatic rings. The molecule has 1 aliphatic carbocycles. The molecule has 0 amide bonds. The fourth-order valence-electron chi connectivity index (χ4n) is 3.29. The van der Waals surface area contributed by atoms with E-state index in [1.165, 1.54) is 37.7 Å². The van der Waals surface area contributed by atoms with Gasteiger partial charge in [-0.1, -0.05) is 43.5 Å². The van der Waals surface area contributed by atoms with Crippen molar-refractivity contribution < 1.29 is 4.74 Å². The zero-order valence-electron chi connectivity index (χ0n) is 14.3. The minimum atomic E-state index is 0.353. The largest absolute Gasteiger partial charge is 0.497 e. The zero-order valence-corrected chi connectivity index (χ0v) is 14.3. The Balaban J connectivity index is 1.78. The van der Waals surface area contributed by atoms with E-state index >= 15 is 0 Å². The maximum atomic E-state index is 5.17. The molecule has 1 fully saturated rings. The van der Waals surface area contributed by atoms with Gasteiger partial charge < -0.3 is 15.0 Å². The molecule has 3 nitrogen and oxygen atoms in total. The molecule has 1 aromatic rings. The van der Waals surface area contributed by atoms with E-state index in [-0.39, 0.29) is 0 Å². The first kappa shape index (κ1) is 17.0. The second-order valence-electron chi connectivity index (χ2n) is 6.49. The molecule has 22 heavy (non-hydrogen) atoms. The first-order valence-electron chi connectivity index (χ1n) is 8.35. The Labute approximate surface area is 135 Å². The van der Waals surface area contributed by atoms with E-state index in [0.29, 0.717) is 5.54 Å². The number of likely N-dealkylation sites (N-methyl/N-ethyl adjacent to an activating group) is 1. The van der Waals surface area contributed by atoms with Crippen LogP contribution in [0.25, 0.3) is 6.08 Å². The highest BCUT2D eigenvalue weighted by Gasteiger charge is 2.33. The van der Waals surface area contributed by atoms with Crippen molar-refractivity contribution >= 4 is 6.08 Å². The van der Waals surface area contributed by atoms with E-state index in [1.807, 2.05) is 12.1 Å². The number of hydrogen-bond donors (Lipinski definition) is 1. The van der Waals surface area contributed by atoms with Crippen LogP contribution >= 0.6 is 0 Å². The lowest BCUT2D eigenvalue weighted by Gasteiger charge is -2.43. The summed E-state index contributed by atoms with van der Waals surface area (Å²) in [6, 6.07) is 8.15. The normalized spacial score (nSPS) is 18.0. The van der Waals surface area contributed by atoms with E-state index in [2.05, 4.69) is 48.6 Å². The van der Waals surface area contributed by atoms with Gasteiger partial charge in [0.15, 0.2) is 0 Å². The molecule has 1 N–H and O–H groups in total. The molecule has 0 radical (unpaired) electrons. The average Bonchev–Trinajstić information content (AvgIpc) is 2.56. The minimum Gasteiger partial charge on any atom is -0.497 e. The molecule has 122 valence electrons. The smallest absolute Gasteiger partial charge is 0.118 e. The summed E-state index contributed by atoms with van der Waals surface area (Å²) < 4.78 is 5.17. The molecular weight excluding hydrogens is 272 g/mol. The summed E-state index contributed by atoms with van der Waals surface area (Å²) in [6.45, 7) is 1.99. The molecule has 0 saturated heterocycles. The van der Waals surface area contributed by atoms with Gasteiger partial charge in [0.05, 0.1) is 7.11 Å². The Morgan fingerprint density at radius 2 is 1.82 bits per heavy atom. The summed E-state index contributed by atoms with van der Waals surface area (Å²) in [7, 11) is 6.14. The van der Waals surface area contributed by atoms with Crippen molar-refractivity contribution in [3.63, 3.8) is 0 Å². The van der Waals surface area contributed by atoms with Crippen molar-refractivity contribution in [1.29, 1.82) is 0 Å². The fourth-order valence-corrected chi connectivity index (χ4v) is 3.29. The van der Waals surface area contributed by atoms with Crippen LogP contribution in [0.2, 0.25) is 0 Å². The first-order chi connectivity index (χ1) is 10.7. The summed E-state index contributed by atoms with van der Waals surface area (Å²) in [5.74, 6) is 0.903. The molecular formula is C19H30N2O. The topological polar surface area (TPSA) is 24.5 Å². The summed E-state index contributed by atoms with van der Waals surface area (Å²) in [5, 5.41) is 3.62. The SMILES string of the molecule is COc1ccc(C=CCNCC2(N(C)C)CCCCC2)cc1. The van der Waals surface area contributed by atoms with Crippen molar-refractivity contribution in [3.8, 4) is 5.75 Å². The third-order valence-corrected chi connectivity index (χ3v) is 4.88. The second kappa shape index (κ2) is 8.35. The highest BCUT2D eigenvalue weighted by Crippen LogP contribution is 2.31. The second-order valence-corrected chi connectivity index (χ2v) is 6.49. The lowest BCUT2D eigenvalue weighted by Crippen LogP contribution is -2.52. The van der Waals surface area contributed by atoms with Crippen LogP contribution < -0.4 is 10.1 Å². The van der Waals surface area contributed by atoms with Gasteiger partial charge in [-0.05, 0) is 44.6 Å². The molecule has 0 aromatic heterocycles. The molecule has 0 unspecified atom stereocenters. The molecule has 0 heterocycles. The molecule has 1 saturated carbocycles. The van der Waals surface area contributed by atoms with Gasteiger partial charge >= 0.3 is 0 Å². The monoisotopic (exact) mass is 302 g/mol. The van der Waals surface area contributed by atoms with Crippen LogP contribution in [0, 0.1) is 0 Å². The Morgan fingerprint density at radius 1 is 1.14 bits per heavy atom. The molecule has 2 rings (SSSR count). The van der Waals surface area contributed by atoms with Gasteiger partial charge in [0.1, 0.15) is 5.75 Å². The number of ether oxygens (including phenoxy) is 1. The Morgan fingerprint density at radius 3 is 2.41 bits per heavy atom. The highest BCUT2D eigenvalue weighted by molar-refractivity contribution is 5.50. The molecule has 0 atom stereocenters. The summed E-state index contributed by atoms with van der Waals surface area (Å²) >= 11 is 0. The lowest BCUT2D eigenvalue weighted by molar-refractivity contribution is 0.0999. The highest BCUT2D eigenvalue weighted by atomic mass is 16.5. The van der Waals surface area contributed by atoms with Crippen LogP contribution in [0.4, 0.5) is 0 Å². The number of nitrogens with zero attached hydrogens (tertiary/aromatic N) is 1. The summed E-state index contributed by atoms with van der Waals surface area (Å²) in [6.07, 6.45) is 11.1. The number of nitrogens with one attached hydrogen (secondary N) is 1. The third kappa shape index (κ3) is 4.59. The Kier molecular flexibility index (Phi) is 6.47. The van der Waals surface area contributed by atoms with Crippen molar-refractivity contribution in [2.24, 2.45) is 0 Å². The molecule has 3 heteroatoms. The number of methoxy groups -OCH3 is 1. The van der Waals surface area contributed by atoms with Gasteiger partial charge in [-0.3, -0.25) is 0 Å². The van der Waals surface area contributed by atoms with Gasteiger partial charge in [-0.2, -0.15) is 0 Å². The quantitative estimate of drug-likeness (QED) is 0.779. The van der Waals surface area contributed by atoms with E-state index < -0.39 is 0 Å². The Hall–Kier alpha value is -1.32. The van der Waals surface area contributed by atoms with Gasteiger partial charge in [-0.25, -0.2) is 0 Å². The molecule has 0 bridgehead atoms. The lowest BCUT2D eigenvalue weighted by atomic mass is 9.80. The third-order valence-electron chi connectivity index (χ3n) is 4.88. The van der Waals surface area contributed by atoms with E-state index in [0.717, 1.165) is 18.8 Å². The van der Waals surface area contributed by atoms with Gasteiger partial charge in [-0.15, -0.1) is 0 Å². The number of hydrogen-bond acceptors (Lipinski definition) is 3. The van der Waals surface area contributed by atoms with Crippen molar-refractivity contribution in [1.82, 2.24) is 10.2 Å². The van der Waals surface area contributed by atoms with Crippen LogP contribution in [-0.4, -0.2) is 44.7 Å². The zero-order chi connectivity index (χ0) is 15.8. The van der Waals surface area contributed by atoms with Crippen LogP contribution in [0.3, 0.4) is 0 Å². The number of rotatable bonds is 7.